The molecule has 12 heteroatoms. The number of nitrogens with zero attached hydrogens (tertiary/aromatic N) is 4. The highest BCUT2D eigenvalue weighted by Gasteiger charge is 2.27. The van der Waals surface area contributed by atoms with Crippen LogP contribution in [0.4, 0.5) is 5.82 Å². The summed E-state index contributed by atoms with van der Waals surface area (Å²) in [6, 6.07) is 7.64. The Bertz CT molecular complexity index is 1170. The Morgan fingerprint density at radius 2 is 1.97 bits per heavy atom. The van der Waals surface area contributed by atoms with E-state index in [1.54, 1.807) is 24.7 Å². The Morgan fingerprint density at radius 3 is 2.71 bits per heavy atom. The molecule has 3 aromatic rings. The van der Waals surface area contributed by atoms with Crippen LogP contribution in [0.15, 0.2) is 36.9 Å². The first kappa shape index (κ1) is 25.8. The Balaban J connectivity index is 1.65. The van der Waals surface area contributed by atoms with Crippen LogP contribution in [-0.2, 0) is 36.5 Å². The molecule has 2 aromatic heterocycles. The number of hydrogen-bond acceptors (Lipinski definition) is 9. The number of aromatic nitrogens is 4. The highest BCUT2D eigenvalue weighted by molar-refractivity contribution is 7.56. The van der Waals surface area contributed by atoms with Crippen LogP contribution in [0, 0.1) is 6.92 Å². The smallest absolute Gasteiger partial charge is 0.320 e. The zero-order chi connectivity index (χ0) is 24.7. The topological polar surface area (TPSA) is 143 Å². The molecule has 0 aliphatic carbocycles. The molecule has 3 rings (SSSR count). The van der Waals surface area contributed by atoms with Gasteiger partial charge in [-0.05, 0) is 38.8 Å². The number of aryl methyl sites for hydroxylation is 1. The molecule has 1 aromatic carbocycles. The Labute approximate surface area is 198 Å². The van der Waals surface area contributed by atoms with Crippen LogP contribution in [-0.4, -0.2) is 50.6 Å². The maximum absolute atomic E-state index is 13.5. The molecule has 0 aliphatic heterocycles. The molecule has 0 amide bonds. The van der Waals surface area contributed by atoms with Crippen molar-refractivity contribution in [3.8, 4) is 0 Å². The van der Waals surface area contributed by atoms with Crippen molar-refractivity contribution in [1.82, 2.24) is 24.6 Å². The number of fused-ring (bicyclic) bond motifs is 1. The number of hydrogen-bond donors (Lipinski definition) is 2. The van der Waals surface area contributed by atoms with Crippen molar-refractivity contribution in [2.24, 2.45) is 0 Å². The minimum Gasteiger partial charge on any atom is -0.462 e. The molecule has 0 fully saturated rings. The van der Waals surface area contributed by atoms with Gasteiger partial charge >= 0.3 is 5.97 Å². The number of esters is 1. The lowest BCUT2D eigenvalue weighted by atomic mass is 10.1. The SMILES string of the molecule is Cc1ccccc1COP(=O)(CO[C@H](C)Cn1cnc2c(N)ncnc21)NCC(=O)OC(C)C. The van der Waals surface area contributed by atoms with E-state index in [1.165, 1.54) is 6.33 Å². The lowest BCUT2D eigenvalue weighted by molar-refractivity contribution is -0.145. The number of nitrogen functional groups attached to an aromatic ring is 1. The second kappa shape index (κ2) is 11.5. The molecule has 11 nitrogen and oxygen atoms in total. The quantitative estimate of drug-likeness (QED) is 0.287. The average molecular weight is 491 g/mol. The minimum atomic E-state index is -3.55. The zero-order valence-corrected chi connectivity index (χ0v) is 20.7. The molecule has 34 heavy (non-hydrogen) atoms. The molecule has 0 saturated carbocycles. The van der Waals surface area contributed by atoms with Gasteiger partial charge in [-0.15, -0.1) is 0 Å². The molecule has 0 spiro atoms. The number of imidazole rings is 1. The maximum Gasteiger partial charge on any atom is 0.320 e. The van der Waals surface area contributed by atoms with Gasteiger partial charge in [0.2, 0.25) is 0 Å². The third kappa shape index (κ3) is 7.07. The van der Waals surface area contributed by atoms with Crippen molar-refractivity contribution < 1.29 is 23.4 Å². The molecule has 3 N–H and O–H groups in total. The fourth-order valence-electron chi connectivity index (χ4n) is 3.15. The van der Waals surface area contributed by atoms with E-state index in [9.17, 15) is 9.36 Å². The minimum absolute atomic E-state index is 0.107. The van der Waals surface area contributed by atoms with Gasteiger partial charge in [0, 0.05) is 0 Å². The second-order valence-electron chi connectivity index (χ2n) is 8.18. The summed E-state index contributed by atoms with van der Waals surface area (Å²) in [5.74, 6) is -0.228. The van der Waals surface area contributed by atoms with E-state index in [4.69, 9.17) is 19.7 Å². The molecular formula is C22H31N6O5P. The van der Waals surface area contributed by atoms with Crippen molar-refractivity contribution in [1.29, 1.82) is 0 Å². The van der Waals surface area contributed by atoms with Crippen LogP contribution in [0.5, 0.6) is 0 Å². The fraction of sp³-hybridized carbons (Fsp3) is 0.455. The number of carbonyl (C=O) groups excluding carboxylic acids is 1. The average Bonchev–Trinajstić information content (AvgIpc) is 3.20. The molecule has 2 atom stereocenters. The van der Waals surface area contributed by atoms with Gasteiger partial charge in [0.05, 0.1) is 31.7 Å². The Kier molecular flexibility index (Phi) is 8.73. The summed E-state index contributed by atoms with van der Waals surface area (Å²) in [5, 5.41) is 2.72. The van der Waals surface area contributed by atoms with Gasteiger partial charge in [-0.1, -0.05) is 24.3 Å². The van der Waals surface area contributed by atoms with Gasteiger partial charge in [-0.2, -0.15) is 0 Å². The van der Waals surface area contributed by atoms with Gasteiger partial charge < -0.3 is 24.3 Å². The predicted octanol–water partition coefficient (Wildman–Crippen LogP) is 3.03. The Morgan fingerprint density at radius 1 is 1.21 bits per heavy atom. The van der Waals surface area contributed by atoms with Crippen LogP contribution >= 0.6 is 7.52 Å². The van der Waals surface area contributed by atoms with Crippen LogP contribution in [0.25, 0.3) is 11.2 Å². The molecule has 0 bridgehead atoms. The zero-order valence-electron chi connectivity index (χ0n) is 19.8. The van der Waals surface area contributed by atoms with E-state index in [0.29, 0.717) is 23.5 Å². The van der Waals surface area contributed by atoms with Crippen LogP contribution in [0.2, 0.25) is 0 Å². The van der Waals surface area contributed by atoms with E-state index in [-0.39, 0.29) is 31.7 Å². The Hall–Kier alpha value is -2.85. The lowest BCUT2D eigenvalue weighted by Gasteiger charge is -2.22. The summed E-state index contributed by atoms with van der Waals surface area (Å²) in [4.78, 5) is 24.4. The summed E-state index contributed by atoms with van der Waals surface area (Å²) >= 11 is 0. The lowest BCUT2D eigenvalue weighted by Crippen LogP contribution is -2.28. The van der Waals surface area contributed by atoms with Crippen molar-refractivity contribution >= 4 is 30.5 Å². The number of benzene rings is 1. The fourth-order valence-corrected chi connectivity index (χ4v) is 4.58. The van der Waals surface area contributed by atoms with Crippen molar-refractivity contribution in [3.63, 3.8) is 0 Å². The first-order valence-electron chi connectivity index (χ1n) is 10.9. The van der Waals surface area contributed by atoms with Gasteiger partial charge in [0.25, 0.3) is 7.52 Å². The van der Waals surface area contributed by atoms with Crippen molar-refractivity contribution in [3.05, 3.63) is 48.0 Å². The number of nitrogens with two attached hydrogens (primary N) is 1. The first-order valence-corrected chi connectivity index (χ1v) is 12.7. The van der Waals surface area contributed by atoms with Gasteiger partial charge in [0.15, 0.2) is 11.5 Å². The molecular weight excluding hydrogens is 459 g/mol. The van der Waals surface area contributed by atoms with E-state index in [2.05, 4.69) is 20.0 Å². The summed E-state index contributed by atoms with van der Waals surface area (Å²) in [7, 11) is -3.55. The van der Waals surface area contributed by atoms with Crippen LogP contribution in [0.3, 0.4) is 0 Å². The van der Waals surface area contributed by atoms with Crippen molar-refractivity contribution in [2.75, 3.05) is 18.6 Å². The van der Waals surface area contributed by atoms with E-state index < -0.39 is 13.5 Å². The van der Waals surface area contributed by atoms with Gasteiger partial charge in [-0.25, -0.2) is 20.0 Å². The number of nitrogens with one attached hydrogen (secondary N) is 1. The summed E-state index contributed by atoms with van der Waals surface area (Å²) in [5.41, 5.74) is 8.83. The molecule has 184 valence electrons. The van der Waals surface area contributed by atoms with E-state index in [0.717, 1.165) is 11.1 Å². The monoisotopic (exact) mass is 490 g/mol. The predicted molar refractivity (Wildman–Crippen MR) is 128 cm³/mol. The number of rotatable bonds is 12. The van der Waals surface area contributed by atoms with Crippen LogP contribution in [0.1, 0.15) is 31.9 Å². The number of anilines is 1. The standard InChI is InChI=1S/C22H31N6O5P/c1-15(2)33-19(29)9-27-34(30,32-11-18-8-6-5-7-16(18)3)14-31-17(4)10-28-13-26-20-21(23)24-12-25-22(20)28/h5-8,12-13,15,17H,9-11,14H2,1-4H3,(H,27,30)(H2,23,24,25)/t17-,34?/m1/s1. The largest absolute Gasteiger partial charge is 0.462 e. The molecule has 0 aliphatic rings. The first-order chi connectivity index (χ1) is 16.2. The highest BCUT2D eigenvalue weighted by atomic mass is 31.2. The second-order valence-corrected chi connectivity index (χ2v) is 10.4. The van der Waals surface area contributed by atoms with Gasteiger partial charge in [0.1, 0.15) is 24.7 Å². The maximum atomic E-state index is 13.5. The third-order valence-corrected chi connectivity index (χ3v) is 6.61. The normalized spacial score (nSPS) is 14.3. The summed E-state index contributed by atoms with van der Waals surface area (Å²) in [6.07, 6.45) is 2.09. The molecule has 0 saturated heterocycles. The number of carbonyl (C=O) groups is 1. The van der Waals surface area contributed by atoms with Gasteiger partial charge in [-0.3, -0.25) is 9.36 Å². The number of ether oxygens (including phenoxy) is 2. The molecule has 2 heterocycles. The summed E-state index contributed by atoms with van der Waals surface area (Å²) in [6.45, 7) is 7.50. The van der Waals surface area contributed by atoms with E-state index >= 15 is 0 Å². The van der Waals surface area contributed by atoms with Crippen molar-refractivity contribution in [2.45, 2.75) is 53.1 Å². The summed E-state index contributed by atoms with van der Waals surface area (Å²) < 4.78 is 32.1. The third-order valence-electron chi connectivity index (χ3n) is 4.93. The highest BCUT2D eigenvalue weighted by Crippen LogP contribution is 2.43. The molecule has 1 unspecified atom stereocenters. The van der Waals surface area contributed by atoms with E-state index in [1.807, 2.05) is 38.1 Å². The van der Waals surface area contributed by atoms with Crippen LogP contribution < -0.4 is 10.8 Å². The molecule has 0 radical (unpaired) electrons.